The Kier molecular flexibility index (Phi) is 3.69. The molecule has 0 aromatic heterocycles. The first-order valence-corrected chi connectivity index (χ1v) is 8.39. The summed E-state index contributed by atoms with van der Waals surface area (Å²) in [7, 11) is 0. The van der Waals surface area contributed by atoms with Crippen LogP contribution in [0.1, 0.15) is 24.8 Å². The average molecular weight is 316 g/mol. The number of rotatable bonds is 3. The van der Waals surface area contributed by atoms with E-state index >= 15 is 0 Å². The zero-order valence-corrected chi connectivity index (χ0v) is 13.5. The summed E-state index contributed by atoms with van der Waals surface area (Å²) in [5.41, 5.74) is 1.80. The highest BCUT2D eigenvalue weighted by atomic mass is 16.2. The van der Waals surface area contributed by atoms with Gasteiger partial charge in [-0.05, 0) is 36.3 Å². The topological polar surface area (TPSA) is 41.1 Å². The summed E-state index contributed by atoms with van der Waals surface area (Å²) in [6.45, 7) is 0. The van der Waals surface area contributed by atoms with E-state index in [9.17, 15) is 4.79 Å². The third kappa shape index (κ3) is 2.62. The molecule has 1 aliphatic carbocycles. The van der Waals surface area contributed by atoms with Crippen molar-refractivity contribution in [3.05, 3.63) is 78.4 Å². The zero-order valence-electron chi connectivity index (χ0n) is 13.5. The molecule has 0 bridgehead atoms. The van der Waals surface area contributed by atoms with Gasteiger partial charge < -0.3 is 10.6 Å². The Bertz CT molecular complexity index is 864. The Morgan fingerprint density at radius 1 is 0.833 bits per heavy atom. The fourth-order valence-corrected chi connectivity index (χ4v) is 3.48. The van der Waals surface area contributed by atoms with Gasteiger partial charge in [0.1, 0.15) is 0 Å². The smallest absolute Gasteiger partial charge is 0.319 e. The van der Waals surface area contributed by atoms with E-state index < -0.39 is 0 Å². The van der Waals surface area contributed by atoms with E-state index in [-0.39, 0.29) is 11.6 Å². The number of fused-ring (bicyclic) bond motifs is 1. The van der Waals surface area contributed by atoms with E-state index in [1.54, 1.807) is 0 Å². The molecule has 0 aliphatic heterocycles. The molecule has 0 radical (unpaired) electrons. The summed E-state index contributed by atoms with van der Waals surface area (Å²) in [5, 5.41) is 8.41. The minimum absolute atomic E-state index is 0.144. The molecule has 0 unspecified atom stereocenters. The van der Waals surface area contributed by atoms with Gasteiger partial charge in [0.15, 0.2) is 0 Å². The third-order valence-corrected chi connectivity index (χ3v) is 4.92. The quantitative estimate of drug-likeness (QED) is 0.698. The van der Waals surface area contributed by atoms with Gasteiger partial charge in [0.05, 0.1) is 11.2 Å². The van der Waals surface area contributed by atoms with Gasteiger partial charge in [-0.1, -0.05) is 66.7 Å². The number of hydrogen-bond acceptors (Lipinski definition) is 1. The highest BCUT2D eigenvalue weighted by Crippen LogP contribution is 2.41. The van der Waals surface area contributed by atoms with Crippen LogP contribution < -0.4 is 10.6 Å². The molecule has 120 valence electrons. The fraction of sp³-hybridized carbons (Fsp3) is 0.190. The van der Waals surface area contributed by atoms with Crippen molar-refractivity contribution in [3.8, 4) is 0 Å². The molecule has 1 fully saturated rings. The average Bonchev–Trinajstić information content (AvgIpc) is 2.59. The Morgan fingerprint density at radius 2 is 1.54 bits per heavy atom. The molecule has 2 amide bonds. The van der Waals surface area contributed by atoms with E-state index in [0.717, 1.165) is 35.7 Å². The number of carbonyl (C=O) groups excluding carboxylic acids is 1. The van der Waals surface area contributed by atoms with E-state index in [1.807, 2.05) is 48.5 Å². The Hall–Kier alpha value is -2.81. The summed E-state index contributed by atoms with van der Waals surface area (Å²) in [5.74, 6) is 0. The third-order valence-electron chi connectivity index (χ3n) is 4.92. The number of anilines is 1. The molecule has 0 heterocycles. The Balaban J connectivity index is 1.56. The van der Waals surface area contributed by atoms with Crippen LogP contribution in [0.5, 0.6) is 0 Å². The van der Waals surface area contributed by atoms with Crippen molar-refractivity contribution in [1.82, 2.24) is 5.32 Å². The molecular formula is C21H20N2O. The number of carbonyl (C=O) groups is 1. The second-order valence-electron chi connectivity index (χ2n) is 6.41. The van der Waals surface area contributed by atoms with E-state index in [1.165, 1.54) is 5.56 Å². The minimum Gasteiger partial charge on any atom is -0.328 e. The molecular weight excluding hydrogens is 296 g/mol. The molecule has 2 N–H and O–H groups in total. The molecule has 0 atom stereocenters. The first-order valence-electron chi connectivity index (χ1n) is 8.39. The maximum atomic E-state index is 12.6. The predicted octanol–water partition coefficient (Wildman–Crippen LogP) is 5.04. The summed E-state index contributed by atoms with van der Waals surface area (Å²) >= 11 is 0. The Labute approximate surface area is 141 Å². The summed E-state index contributed by atoms with van der Waals surface area (Å²) in [6.07, 6.45) is 3.11. The molecule has 1 aliphatic rings. The van der Waals surface area contributed by atoms with Crippen molar-refractivity contribution in [3.63, 3.8) is 0 Å². The van der Waals surface area contributed by atoms with E-state index in [4.69, 9.17) is 0 Å². The highest BCUT2D eigenvalue weighted by molar-refractivity contribution is 6.01. The summed E-state index contributed by atoms with van der Waals surface area (Å²) in [4.78, 5) is 12.6. The van der Waals surface area contributed by atoms with Crippen molar-refractivity contribution >= 4 is 22.5 Å². The molecule has 3 aromatic rings. The normalized spacial score (nSPS) is 15.5. The minimum atomic E-state index is -0.226. The van der Waals surface area contributed by atoms with Gasteiger partial charge in [0.25, 0.3) is 0 Å². The van der Waals surface area contributed by atoms with Gasteiger partial charge in [-0.25, -0.2) is 4.79 Å². The van der Waals surface area contributed by atoms with Crippen molar-refractivity contribution in [2.45, 2.75) is 24.8 Å². The molecule has 1 saturated carbocycles. The monoisotopic (exact) mass is 316 g/mol. The zero-order chi connectivity index (χ0) is 16.4. The predicted molar refractivity (Wildman–Crippen MR) is 98.1 cm³/mol. The van der Waals surface area contributed by atoms with Crippen LogP contribution in [0.15, 0.2) is 72.8 Å². The number of nitrogens with one attached hydrogen (secondary N) is 2. The molecule has 24 heavy (non-hydrogen) atoms. The molecule has 3 nitrogen and oxygen atoms in total. The van der Waals surface area contributed by atoms with Crippen LogP contribution in [0.25, 0.3) is 10.8 Å². The number of amides is 2. The van der Waals surface area contributed by atoms with Gasteiger partial charge in [0, 0.05) is 5.39 Å². The lowest BCUT2D eigenvalue weighted by atomic mass is 9.72. The number of benzene rings is 3. The van der Waals surface area contributed by atoms with Gasteiger partial charge >= 0.3 is 6.03 Å². The van der Waals surface area contributed by atoms with Crippen LogP contribution in [0, 0.1) is 0 Å². The van der Waals surface area contributed by atoms with Crippen molar-refractivity contribution in [2.75, 3.05) is 5.32 Å². The van der Waals surface area contributed by atoms with Crippen LogP contribution in [-0.4, -0.2) is 6.03 Å². The molecule has 3 aromatic carbocycles. The van der Waals surface area contributed by atoms with Crippen molar-refractivity contribution in [1.29, 1.82) is 0 Å². The van der Waals surface area contributed by atoms with E-state index in [0.29, 0.717) is 0 Å². The maximum absolute atomic E-state index is 12.6. The standard InChI is InChI=1S/C21H20N2O/c24-20(22-19-13-6-9-16-8-4-5-12-18(16)19)23-21(14-7-15-21)17-10-2-1-3-11-17/h1-6,8-13H,7,14-15H2,(H2,22,23,24). The second-order valence-corrected chi connectivity index (χ2v) is 6.41. The molecule has 3 heteroatoms. The molecule has 4 rings (SSSR count). The van der Waals surface area contributed by atoms with Crippen LogP contribution in [0.3, 0.4) is 0 Å². The van der Waals surface area contributed by atoms with Gasteiger partial charge in [0.2, 0.25) is 0 Å². The van der Waals surface area contributed by atoms with Crippen LogP contribution in [0.2, 0.25) is 0 Å². The van der Waals surface area contributed by atoms with Crippen LogP contribution >= 0.6 is 0 Å². The summed E-state index contributed by atoms with van der Waals surface area (Å²) in [6, 6.07) is 24.1. The van der Waals surface area contributed by atoms with Gasteiger partial charge in [-0.15, -0.1) is 0 Å². The molecule has 0 spiro atoms. The SMILES string of the molecule is O=C(Nc1cccc2ccccc12)NC1(c2ccccc2)CCC1. The fourth-order valence-electron chi connectivity index (χ4n) is 3.48. The van der Waals surface area contributed by atoms with Gasteiger partial charge in [-0.3, -0.25) is 0 Å². The van der Waals surface area contributed by atoms with Gasteiger partial charge in [-0.2, -0.15) is 0 Å². The highest BCUT2D eigenvalue weighted by Gasteiger charge is 2.39. The maximum Gasteiger partial charge on any atom is 0.319 e. The lowest BCUT2D eigenvalue weighted by molar-refractivity contribution is 0.185. The number of hydrogen-bond donors (Lipinski definition) is 2. The van der Waals surface area contributed by atoms with E-state index in [2.05, 4.69) is 34.9 Å². The van der Waals surface area contributed by atoms with Crippen molar-refractivity contribution in [2.24, 2.45) is 0 Å². The molecule has 0 saturated heterocycles. The van der Waals surface area contributed by atoms with Crippen LogP contribution in [0.4, 0.5) is 10.5 Å². The lowest BCUT2D eigenvalue weighted by Gasteiger charge is -2.43. The largest absolute Gasteiger partial charge is 0.328 e. The lowest BCUT2D eigenvalue weighted by Crippen LogP contribution is -2.52. The summed E-state index contributed by atoms with van der Waals surface area (Å²) < 4.78 is 0. The van der Waals surface area contributed by atoms with Crippen LogP contribution in [-0.2, 0) is 5.54 Å². The number of urea groups is 1. The Morgan fingerprint density at radius 3 is 2.29 bits per heavy atom. The first-order chi connectivity index (χ1) is 11.8. The van der Waals surface area contributed by atoms with Crippen molar-refractivity contribution < 1.29 is 4.79 Å². The second kappa shape index (κ2) is 6.00. The first kappa shape index (κ1) is 14.8.